The number of benzene rings is 2. The summed E-state index contributed by atoms with van der Waals surface area (Å²) < 4.78 is 0. The summed E-state index contributed by atoms with van der Waals surface area (Å²) in [4.78, 5) is 45.4. The van der Waals surface area contributed by atoms with Crippen LogP contribution in [-0.2, 0) is 32.6 Å². The first-order valence-electron chi connectivity index (χ1n) is 12.6. The summed E-state index contributed by atoms with van der Waals surface area (Å²) in [5.74, 6) is 0.228. The molecule has 0 saturated carbocycles. The molecule has 6 rings (SSSR count). The van der Waals surface area contributed by atoms with Crippen molar-refractivity contribution in [3.8, 4) is 0 Å². The van der Waals surface area contributed by atoms with Crippen molar-refractivity contribution in [1.29, 1.82) is 0 Å². The van der Waals surface area contributed by atoms with Crippen LogP contribution in [0.3, 0.4) is 0 Å². The predicted octanol–water partition coefficient (Wildman–Crippen LogP) is 2.96. The molecular formula is C29H29N5O3. The van der Waals surface area contributed by atoms with Gasteiger partial charge >= 0.3 is 0 Å². The lowest BCUT2D eigenvalue weighted by Gasteiger charge is -2.43. The molecule has 188 valence electrons. The van der Waals surface area contributed by atoms with Crippen molar-refractivity contribution in [2.45, 2.75) is 43.7 Å². The molecule has 0 bridgehead atoms. The van der Waals surface area contributed by atoms with E-state index in [2.05, 4.69) is 20.9 Å². The molecule has 8 heteroatoms. The molecule has 1 aromatic heterocycles. The minimum Gasteiger partial charge on any atom is -0.325 e. The van der Waals surface area contributed by atoms with Crippen molar-refractivity contribution < 1.29 is 14.4 Å². The van der Waals surface area contributed by atoms with E-state index in [4.69, 9.17) is 0 Å². The Morgan fingerprint density at radius 1 is 1.05 bits per heavy atom. The van der Waals surface area contributed by atoms with Gasteiger partial charge < -0.3 is 20.9 Å². The van der Waals surface area contributed by atoms with Gasteiger partial charge in [-0.3, -0.25) is 14.4 Å². The molecule has 0 unspecified atom stereocenters. The van der Waals surface area contributed by atoms with Gasteiger partial charge in [-0.15, -0.1) is 0 Å². The third-order valence-corrected chi connectivity index (χ3v) is 7.87. The molecule has 3 heterocycles. The van der Waals surface area contributed by atoms with Gasteiger partial charge in [-0.2, -0.15) is 0 Å². The van der Waals surface area contributed by atoms with E-state index in [0.717, 1.165) is 22.3 Å². The number of hydrogen-bond donors (Lipinski definition) is 3. The number of pyridine rings is 1. The normalized spacial score (nSPS) is 23.5. The van der Waals surface area contributed by atoms with Gasteiger partial charge in [0.15, 0.2) is 0 Å². The molecule has 1 saturated heterocycles. The largest absolute Gasteiger partial charge is 0.325 e. The second-order valence-electron chi connectivity index (χ2n) is 10.7. The minimum absolute atomic E-state index is 0.0326. The standard InChI is InChI=1S/C29H29N5O3/c1-28(2)27(37)34(23(16-31-28)18-7-4-3-5-8-18)17-24(35)32-21-11-10-19-14-29(15-20(19)13-21)22-9-6-12-30-25(22)33-26(29)36/h3-13,23,31H,14-17H2,1-2H3,(H,32,35)(H,30,33,36)/t23-,29+/m0/s1. The average molecular weight is 496 g/mol. The number of nitrogens with zero attached hydrogens (tertiary/aromatic N) is 2. The number of amides is 3. The molecular weight excluding hydrogens is 466 g/mol. The zero-order chi connectivity index (χ0) is 25.8. The molecule has 1 fully saturated rings. The van der Waals surface area contributed by atoms with E-state index in [0.29, 0.717) is 30.9 Å². The number of piperazine rings is 1. The highest BCUT2D eigenvalue weighted by Gasteiger charge is 2.51. The molecule has 8 nitrogen and oxygen atoms in total. The van der Waals surface area contributed by atoms with Gasteiger partial charge in [0, 0.05) is 24.0 Å². The van der Waals surface area contributed by atoms with Crippen molar-refractivity contribution in [3.63, 3.8) is 0 Å². The Morgan fingerprint density at radius 2 is 1.84 bits per heavy atom. The number of aromatic nitrogens is 1. The molecule has 3 aromatic rings. The first-order valence-corrected chi connectivity index (χ1v) is 12.6. The molecule has 37 heavy (non-hydrogen) atoms. The van der Waals surface area contributed by atoms with Gasteiger partial charge in [-0.1, -0.05) is 42.5 Å². The van der Waals surface area contributed by atoms with E-state index >= 15 is 0 Å². The zero-order valence-electron chi connectivity index (χ0n) is 20.9. The van der Waals surface area contributed by atoms with Crippen molar-refractivity contribution in [3.05, 3.63) is 89.1 Å². The van der Waals surface area contributed by atoms with Crippen LogP contribution in [0.15, 0.2) is 66.9 Å². The number of hydrogen-bond acceptors (Lipinski definition) is 5. The van der Waals surface area contributed by atoms with Gasteiger partial charge in [0.25, 0.3) is 0 Å². The van der Waals surface area contributed by atoms with Crippen molar-refractivity contribution in [1.82, 2.24) is 15.2 Å². The Kier molecular flexibility index (Phi) is 5.38. The van der Waals surface area contributed by atoms with Crippen molar-refractivity contribution in [2.75, 3.05) is 23.7 Å². The van der Waals surface area contributed by atoms with Crippen molar-refractivity contribution in [2.24, 2.45) is 0 Å². The van der Waals surface area contributed by atoms with E-state index in [9.17, 15) is 14.4 Å². The molecule has 3 N–H and O–H groups in total. The van der Waals surface area contributed by atoms with E-state index in [1.54, 1.807) is 11.1 Å². The van der Waals surface area contributed by atoms with Gasteiger partial charge in [0.2, 0.25) is 17.7 Å². The second kappa shape index (κ2) is 8.52. The Labute approximate surface area is 215 Å². The SMILES string of the molecule is CC1(C)NC[C@@H](c2ccccc2)N(CC(=O)Nc2ccc3c(c2)C[C@@]2(C3)C(=O)Nc3ncccc32)C1=O. The Bertz CT molecular complexity index is 1420. The summed E-state index contributed by atoms with van der Waals surface area (Å²) in [6.45, 7) is 4.19. The number of rotatable bonds is 4. The zero-order valence-corrected chi connectivity index (χ0v) is 20.9. The fourth-order valence-electron chi connectivity index (χ4n) is 5.89. The first kappa shape index (κ1) is 23.4. The average Bonchev–Trinajstić information content (AvgIpc) is 3.40. The summed E-state index contributed by atoms with van der Waals surface area (Å²) in [6.07, 6.45) is 2.84. The maximum absolute atomic E-state index is 13.3. The number of anilines is 2. The number of fused-ring (bicyclic) bond motifs is 3. The minimum atomic E-state index is -0.750. The summed E-state index contributed by atoms with van der Waals surface area (Å²) in [5.41, 5.74) is 3.28. The molecule has 1 spiro atoms. The lowest BCUT2D eigenvalue weighted by Crippen LogP contribution is -2.63. The van der Waals surface area contributed by atoms with Crippen molar-refractivity contribution >= 4 is 29.2 Å². The Morgan fingerprint density at radius 3 is 2.65 bits per heavy atom. The highest BCUT2D eigenvalue weighted by Crippen LogP contribution is 2.47. The Balaban J connectivity index is 1.20. The fraction of sp³-hybridized carbons (Fsp3) is 0.310. The van der Waals surface area contributed by atoms with Crippen LogP contribution in [0.2, 0.25) is 0 Å². The topological polar surface area (TPSA) is 103 Å². The van der Waals surface area contributed by atoms with Gasteiger partial charge in [0.05, 0.1) is 17.0 Å². The lowest BCUT2D eigenvalue weighted by atomic mass is 9.79. The van der Waals surface area contributed by atoms with Crippen LogP contribution in [0.4, 0.5) is 11.5 Å². The number of carbonyl (C=O) groups is 3. The molecule has 0 radical (unpaired) electrons. The van der Waals surface area contributed by atoms with Crippen LogP contribution >= 0.6 is 0 Å². The summed E-state index contributed by atoms with van der Waals surface area (Å²) in [5, 5.41) is 9.22. The van der Waals surface area contributed by atoms with Crippen LogP contribution in [0.5, 0.6) is 0 Å². The molecule has 3 aliphatic rings. The van der Waals surface area contributed by atoms with E-state index in [1.165, 1.54) is 0 Å². The molecule has 3 amide bonds. The van der Waals surface area contributed by atoms with E-state index in [1.807, 2.05) is 74.5 Å². The highest BCUT2D eigenvalue weighted by molar-refractivity contribution is 6.06. The maximum atomic E-state index is 13.3. The monoisotopic (exact) mass is 495 g/mol. The summed E-state index contributed by atoms with van der Waals surface area (Å²) in [6, 6.07) is 19.1. The van der Waals surface area contributed by atoms with E-state index in [-0.39, 0.29) is 30.3 Å². The predicted molar refractivity (Wildman–Crippen MR) is 140 cm³/mol. The molecule has 2 aliphatic heterocycles. The molecule has 1 aliphatic carbocycles. The summed E-state index contributed by atoms with van der Waals surface area (Å²) in [7, 11) is 0. The quantitative estimate of drug-likeness (QED) is 0.517. The lowest BCUT2D eigenvalue weighted by molar-refractivity contribution is -0.146. The number of nitrogens with one attached hydrogen (secondary N) is 3. The van der Waals surface area contributed by atoms with Crippen LogP contribution < -0.4 is 16.0 Å². The third kappa shape index (κ3) is 3.88. The van der Waals surface area contributed by atoms with E-state index < -0.39 is 11.0 Å². The summed E-state index contributed by atoms with van der Waals surface area (Å²) >= 11 is 0. The van der Waals surface area contributed by atoms with Crippen LogP contribution in [0.25, 0.3) is 0 Å². The molecule has 2 aromatic carbocycles. The molecule has 2 atom stereocenters. The first-order chi connectivity index (χ1) is 17.8. The van der Waals surface area contributed by atoms with Crippen LogP contribution in [0.1, 0.15) is 42.1 Å². The fourth-order valence-corrected chi connectivity index (χ4v) is 5.89. The maximum Gasteiger partial charge on any atom is 0.244 e. The van der Waals surface area contributed by atoms with Crippen LogP contribution in [-0.4, -0.2) is 46.2 Å². The van der Waals surface area contributed by atoms with Crippen LogP contribution in [0, 0.1) is 0 Å². The second-order valence-corrected chi connectivity index (χ2v) is 10.7. The van der Waals surface area contributed by atoms with Gasteiger partial charge in [-0.25, -0.2) is 4.98 Å². The Hall–Kier alpha value is -4.04. The highest BCUT2D eigenvalue weighted by atomic mass is 16.2. The van der Waals surface area contributed by atoms with Gasteiger partial charge in [-0.05, 0) is 61.6 Å². The number of carbonyl (C=O) groups excluding carboxylic acids is 3. The smallest absolute Gasteiger partial charge is 0.244 e. The van der Waals surface area contributed by atoms with Gasteiger partial charge in [0.1, 0.15) is 12.4 Å². The third-order valence-electron chi connectivity index (χ3n) is 7.87.